The summed E-state index contributed by atoms with van der Waals surface area (Å²) in [5.74, 6) is 3.33. The third-order valence-electron chi connectivity index (χ3n) is 6.24. The number of fused-ring (bicyclic) bond motifs is 2. The Kier molecular flexibility index (Phi) is 2.16. The van der Waals surface area contributed by atoms with Gasteiger partial charge in [0.1, 0.15) is 0 Å². The lowest BCUT2D eigenvalue weighted by atomic mass is 9.58. The largest absolute Gasteiger partial charge is 0.313 e. The molecule has 3 unspecified atom stereocenters. The second-order valence-corrected chi connectivity index (χ2v) is 7.10. The zero-order valence-corrected chi connectivity index (χ0v) is 10.4. The third-order valence-corrected chi connectivity index (χ3v) is 6.24. The normalized spacial score (nSPS) is 47.2. The fourth-order valence-corrected chi connectivity index (χ4v) is 4.95. The van der Waals surface area contributed by atoms with E-state index >= 15 is 0 Å². The molecule has 4 saturated carbocycles. The first-order chi connectivity index (χ1) is 7.87. The van der Waals surface area contributed by atoms with Crippen molar-refractivity contribution in [1.82, 2.24) is 5.32 Å². The van der Waals surface area contributed by atoms with Crippen molar-refractivity contribution in [2.45, 2.75) is 63.8 Å². The van der Waals surface area contributed by atoms with Crippen LogP contribution >= 0.6 is 0 Å². The summed E-state index contributed by atoms with van der Waals surface area (Å²) in [5, 5.41) is 3.87. The van der Waals surface area contributed by atoms with Gasteiger partial charge in [0.15, 0.2) is 0 Å². The smallest absolute Gasteiger partial charge is 0.00684 e. The lowest BCUT2D eigenvalue weighted by Gasteiger charge is -2.49. The highest BCUT2D eigenvalue weighted by molar-refractivity contribution is 5.06. The predicted octanol–water partition coefficient (Wildman–Crippen LogP) is 3.34. The fourth-order valence-electron chi connectivity index (χ4n) is 4.95. The van der Waals surface area contributed by atoms with Gasteiger partial charge in [-0.1, -0.05) is 12.8 Å². The Morgan fingerprint density at radius 2 is 1.81 bits per heavy atom. The molecule has 16 heavy (non-hydrogen) atoms. The van der Waals surface area contributed by atoms with Crippen LogP contribution in [0.3, 0.4) is 0 Å². The molecule has 4 aliphatic rings. The highest BCUT2D eigenvalue weighted by Gasteiger charge is 2.55. The minimum absolute atomic E-state index is 0.768. The Morgan fingerprint density at radius 3 is 2.31 bits per heavy atom. The van der Waals surface area contributed by atoms with Gasteiger partial charge in [0.2, 0.25) is 0 Å². The number of hydrogen-bond donors (Lipinski definition) is 1. The molecule has 4 aliphatic carbocycles. The molecule has 2 bridgehead atoms. The molecule has 0 saturated heterocycles. The molecule has 0 aliphatic heterocycles. The summed E-state index contributed by atoms with van der Waals surface area (Å²) in [6, 6.07) is 0.913. The summed E-state index contributed by atoms with van der Waals surface area (Å²) < 4.78 is 0. The molecule has 4 fully saturated rings. The molecule has 0 aromatic heterocycles. The van der Waals surface area contributed by atoms with Crippen molar-refractivity contribution in [3.63, 3.8) is 0 Å². The first kappa shape index (κ1) is 9.94. The van der Waals surface area contributed by atoms with Crippen molar-refractivity contribution >= 4 is 0 Å². The minimum Gasteiger partial charge on any atom is -0.313 e. The van der Waals surface area contributed by atoms with Crippen LogP contribution in [0.4, 0.5) is 0 Å². The standard InChI is InChI=1S/C15H25N/c1-2-12(3-1)15(10-16-14-6-7-14)9-11-4-5-13(15)8-11/h11-14,16H,1-10H2. The summed E-state index contributed by atoms with van der Waals surface area (Å²) in [7, 11) is 0. The van der Waals surface area contributed by atoms with Crippen LogP contribution in [0, 0.1) is 23.2 Å². The summed E-state index contributed by atoms with van der Waals surface area (Å²) in [5.41, 5.74) is 0.768. The zero-order valence-electron chi connectivity index (χ0n) is 10.4. The van der Waals surface area contributed by atoms with E-state index < -0.39 is 0 Å². The van der Waals surface area contributed by atoms with Gasteiger partial charge in [0, 0.05) is 12.6 Å². The van der Waals surface area contributed by atoms with E-state index in [1.165, 1.54) is 25.8 Å². The SMILES string of the molecule is C1CC(C2(CNC3CC3)CC3CCC2C3)C1. The van der Waals surface area contributed by atoms with Crippen molar-refractivity contribution < 1.29 is 0 Å². The molecular weight excluding hydrogens is 194 g/mol. The Hall–Kier alpha value is -0.0400. The molecule has 1 heteroatoms. The maximum Gasteiger partial charge on any atom is 0.00684 e. The van der Waals surface area contributed by atoms with Crippen molar-refractivity contribution in [2.75, 3.05) is 6.54 Å². The molecular formula is C15H25N. The van der Waals surface area contributed by atoms with Gasteiger partial charge in [-0.25, -0.2) is 0 Å². The Morgan fingerprint density at radius 1 is 0.938 bits per heavy atom. The maximum atomic E-state index is 3.87. The second-order valence-electron chi connectivity index (χ2n) is 7.10. The molecule has 0 spiro atoms. The monoisotopic (exact) mass is 219 g/mol. The summed E-state index contributed by atoms with van der Waals surface area (Å²) >= 11 is 0. The van der Waals surface area contributed by atoms with Gasteiger partial charge >= 0.3 is 0 Å². The molecule has 0 heterocycles. The summed E-state index contributed by atoms with van der Waals surface area (Å²) in [6.07, 6.45) is 13.8. The summed E-state index contributed by atoms with van der Waals surface area (Å²) in [4.78, 5) is 0. The lowest BCUT2D eigenvalue weighted by Crippen LogP contribution is -2.47. The van der Waals surface area contributed by atoms with Gasteiger partial charge in [-0.15, -0.1) is 0 Å². The topological polar surface area (TPSA) is 12.0 Å². The van der Waals surface area contributed by atoms with Crippen LogP contribution < -0.4 is 5.32 Å². The van der Waals surface area contributed by atoms with Gasteiger partial charge in [0.25, 0.3) is 0 Å². The van der Waals surface area contributed by atoms with E-state index in [4.69, 9.17) is 0 Å². The Bertz CT molecular complexity index is 279. The van der Waals surface area contributed by atoms with E-state index in [0.717, 1.165) is 29.2 Å². The van der Waals surface area contributed by atoms with Crippen molar-refractivity contribution in [3.8, 4) is 0 Å². The van der Waals surface area contributed by atoms with E-state index in [-0.39, 0.29) is 0 Å². The molecule has 1 N–H and O–H groups in total. The summed E-state index contributed by atoms with van der Waals surface area (Å²) in [6.45, 7) is 1.38. The zero-order chi connectivity index (χ0) is 10.6. The lowest BCUT2D eigenvalue weighted by molar-refractivity contribution is 0.0230. The maximum absolute atomic E-state index is 3.87. The molecule has 0 aromatic rings. The molecule has 0 aromatic carbocycles. The third kappa shape index (κ3) is 1.40. The van der Waals surface area contributed by atoms with Gasteiger partial charge in [-0.3, -0.25) is 0 Å². The number of nitrogens with one attached hydrogen (secondary N) is 1. The van der Waals surface area contributed by atoms with E-state index in [2.05, 4.69) is 5.32 Å². The predicted molar refractivity (Wildman–Crippen MR) is 66.2 cm³/mol. The van der Waals surface area contributed by atoms with Crippen molar-refractivity contribution in [1.29, 1.82) is 0 Å². The Labute approximate surface area is 99.4 Å². The van der Waals surface area contributed by atoms with Gasteiger partial charge in [-0.2, -0.15) is 0 Å². The average Bonchev–Trinajstić information content (AvgIpc) is 2.83. The van der Waals surface area contributed by atoms with Crippen molar-refractivity contribution in [3.05, 3.63) is 0 Å². The van der Waals surface area contributed by atoms with Gasteiger partial charge < -0.3 is 5.32 Å². The molecule has 0 radical (unpaired) electrons. The molecule has 0 amide bonds. The van der Waals surface area contributed by atoms with Crippen LogP contribution in [0.25, 0.3) is 0 Å². The first-order valence-corrected chi connectivity index (χ1v) is 7.60. The molecule has 3 atom stereocenters. The quantitative estimate of drug-likeness (QED) is 0.764. The van der Waals surface area contributed by atoms with E-state index in [0.29, 0.717) is 0 Å². The van der Waals surface area contributed by atoms with Crippen LogP contribution in [-0.2, 0) is 0 Å². The number of rotatable bonds is 4. The van der Waals surface area contributed by atoms with Crippen LogP contribution in [0.5, 0.6) is 0 Å². The van der Waals surface area contributed by atoms with Gasteiger partial charge in [-0.05, 0) is 68.1 Å². The highest BCUT2D eigenvalue weighted by atomic mass is 15.0. The van der Waals surface area contributed by atoms with E-state index in [1.54, 1.807) is 38.5 Å². The van der Waals surface area contributed by atoms with Crippen LogP contribution in [0.1, 0.15) is 57.8 Å². The molecule has 1 nitrogen and oxygen atoms in total. The highest BCUT2D eigenvalue weighted by Crippen LogP contribution is 2.62. The van der Waals surface area contributed by atoms with Crippen LogP contribution in [0.15, 0.2) is 0 Å². The van der Waals surface area contributed by atoms with Crippen LogP contribution in [0.2, 0.25) is 0 Å². The second kappa shape index (κ2) is 3.48. The molecule has 90 valence electrons. The van der Waals surface area contributed by atoms with Crippen LogP contribution in [-0.4, -0.2) is 12.6 Å². The molecule has 4 rings (SSSR count). The average molecular weight is 219 g/mol. The number of hydrogen-bond acceptors (Lipinski definition) is 1. The minimum atomic E-state index is 0.768. The van der Waals surface area contributed by atoms with Gasteiger partial charge in [0.05, 0.1) is 0 Å². The van der Waals surface area contributed by atoms with Crippen molar-refractivity contribution in [2.24, 2.45) is 23.2 Å². The fraction of sp³-hybridized carbons (Fsp3) is 1.00. The Balaban J connectivity index is 1.51. The first-order valence-electron chi connectivity index (χ1n) is 7.60. The van der Waals surface area contributed by atoms with E-state index in [1.807, 2.05) is 0 Å². The van der Waals surface area contributed by atoms with E-state index in [9.17, 15) is 0 Å².